The number of aromatic nitrogens is 3. The molecule has 0 saturated carbocycles. The number of rotatable bonds is 4. The fourth-order valence-electron chi connectivity index (χ4n) is 1.97. The zero-order valence-corrected chi connectivity index (χ0v) is 12.7. The van der Waals surface area contributed by atoms with E-state index in [1.807, 2.05) is 14.1 Å². The molecule has 0 aliphatic carbocycles. The molecule has 8 heteroatoms. The number of nitrogen functional groups attached to an aromatic ring is 1. The van der Waals surface area contributed by atoms with Crippen LogP contribution in [0.25, 0.3) is 11.0 Å². The third-order valence-electron chi connectivity index (χ3n) is 3.05. The first-order valence-electron chi connectivity index (χ1n) is 6.86. The van der Waals surface area contributed by atoms with Crippen molar-refractivity contribution in [2.45, 2.75) is 6.61 Å². The lowest BCUT2D eigenvalue weighted by atomic mass is 10.2. The van der Waals surface area contributed by atoms with E-state index in [1.54, 1.807) is 29.2 Å². The number of hydrogen-bond donors (Lipinski definition) is 1. The van der Waals surface area contributed by atoms with E-state index in [0.717, 1.165) is 5.39 Å². The van der Waals surface area contributed by atoms with Gasteiger partial charge in [-0.1, -0.05) is 0 Å². The summed E-state index contributed by atoms with van der Waals surface area (Å²) < 4.78 is 10.8. The van der Waals surface area contributed by atoms with E-state index < -0.39 is 5.63 Å². The monoisotopic (exact) mass is 313 g/mol. The van der Waals surface area contributed by atoms with Crippen LogP contribution in [0.4, 0.5) is 11.9 Å². The molecular weight excluding hydrogens is 298 g/mol. The second-order valence-corrected chi connectivity index (χ2v) is 5.05. The van der Waals surface area contributed by atoms with Gasteiger partial charge in [0, 0.05) is 31.6 Å². The van der Waals surface area contributed by atoms with Crippen molar-refractivity contribution >= 4 is 22.9 Å². The molecule has 8 nitrogen and oxygen atoms in total. The Morgan fingerprint density at radius 3 is 2.74 bits per heavy atom. The van der Waals surface area contributed by atoms with Crippen molar-refractivity contribution in [3.8, 4) is 5.75 Å². The Kier molecular flexibility index (Phi) is 3.80. The SMILES string of the molecule is CN(C)c1nc(N)nc(COc2ccc3ccc(=O)oc3c2)n1. The largest absolute Gasteiger partial charge is 0.485 e. The lowest BCUT2D eigenvalue weighted by Gasteiger charge is -2.12. The summed E-state index contributed by atoms with van der Waals surface area (Å²) in [7, 11) is 3.62. The average Bonchev–Trinajstić information content (AvgIpc) is 2.52. The van der Waals surface area contributed by atoms with Crippen molar-refractivity contribution in [2.24, 2.45) is 0 Å². The van der Waals surface area contributed by atoms with Gasteiger partial charge in [-0.05, 0) is 18.2 Å². The Morgan fingerprint density at radius 1 is 1.17 bits per heavy atom. The molecule has 23 heavy (non-hydrogen) atoms. The van der Waals surface area contributed by atoms with Gasteiger partial charge in [0.25, 0.3) is 0 Å². The molecule has 2 aromatic heterocycles. The van der Waals surface area contributed by atoms with Crippen molar-refractivity contribution in [1.82, 2.24) is 15.0 Å². The highest BCUT2D eigenvalue weighted by Crippen LogP contribution is 2.20. The molecular formula is C15H15N5O3. The summed E-state index contributed by atoms with van der Waals surface area (Å²) in [4.78, 5) is 25.3. The average molecular weight is 313 g/mol. The van der Waals surface area contributed by atoms with Gasteiger partial charge in [-0.25, -0.2) is 4.79 Å². The van der Waals surface area contributed by atoms with E-state index in [4.69, 9.17) is 14.9 Å². The molecule has 0 aliphatic rings. The lowest BCUT2D eigenvalue weighted by molar-refractivity contribution is 0.295. The lowest BCUT2D eigenvalue weighted by Crippen LogP contribution is -2.16. The van der Waals surface area contributed by atoms with Crippen LogP contribution in [-0.2, 0) is 6.61 Å². The highest BCUT2D eigenvalue weighted by molar-refractivity contribution is 5.77. The van der Waals surface area contributed by atoms with Gasteiger partial charge in [0.15, 0.2) is 5.82 Å². The van der Waals surface area contributed by atoms with E-state index in [1.165, 1.54) is 6.07 Å². The second kappa shape index (κ2) is 5.91. The summed E-state index contributed by atoms with van der Waals surface area (Å²) in [5.41, 5.74) is 5.71. The number of nitrogens with zero attached hydrogens (tertiary/aromatic N) is 4. The molecule has 0 amide bonds. The van der Waals surface area contributed by atoms with Crippen LogP contribution in [0.5, 0.6) is 5.75 Å². The van der Waals surface area contributed by atoms with Crippen LogP contribution in [0.3, 0.4) is 0 Å². The number of hydrogen-bond acceptors (Lipinski definition) is 8. The highest BCUT2D eigenvalue weighted by atomic mass is 16.5. The van der Waals surface area contributed by atoms with Crippen LogP contribution < -0.4 is 21.0 Å². The molecule has 3 rings (SSSR count). The normalized spacial score (nSPS) is 10.7. The smallest absolute Gasteiger partial charge is 0.336 e. The first-order valence-corrected chi connectivity index (χ1v) is 6.86. The van der Waals surface area contributed by atoms with Crippen molar-refractivity contribution < 1.29 is 9.15 Å². The molecule has 0 bridgehead atoms. The molecule has 0 aliphatic heterocycles. The molecule has 0 fully saturated rings. The van der Waals surface area contributed by atoms with Crippen LogP contribution in [0, 0.1) is 0 Å². The number of fused-ring (bicyclic) bond motifs is 1. The Bertz CT molecular complexity index is 907. The molecule has 2 N–H and O–H groups in total. The Labute approximate surface area is 131 Å². The molecule has 3 aromatic rings. The van der Waals surface area contributed by atoms with Crippen LogP contribution in [0.2, 0.25) is 0 Å². The predicted octanol–water partition coefficient (Wildman–Crippen LogP) is 1.21. The van der Waals surface area contributed by atoms with Crippen molar-refractivity contribution in [1.29, 1.82) is 0 Å². The highest BCUT2D eigenvalue weighted by Gasteiger charge is 2.07. The standard InChI is InChI=1S/C15H15N5O3/c1-20(2)15-18-12(17-14(16)19-15)8-22-10-5-3-9-4-6-13(21)23-11(9)7-10/h3-7H,8H2,1-2H3,(H2,16,17,18,19). The van der Waals surface area contributed by atoms with Gasteiger partial charge < -0.3 is 19.8 Å². The zero-order valence-electron chi connectivity index (χ0n) is 12.7. The predicted molar refractivity (Wildman–Crippen MR) is 85.4 cm³/mol. The summed E-state index contributed by atoms with van der Waals surface area (Å²) in [5, 5.41) is 0.816. The first-order chi connectivity index (χ1) is 11.0. The van der Waals surface area contributed by atoms with Crippen LogP contribution in [-0.4, -0.2) is 29.0 Å². The minimum atomic E-state index is -0.407. The molecule has 0 saturated heterocycles. The van der Waals surface area contributed by atoms with E-state index >= 15 is 0 Å². The van der Waals surface area contributed by atoms with Crippen LogP contribution >= 0.6 is 0 Å². The minimum Gasteiger partial charge on any atom is -0.485 e. The van der Waals surface area contributed by atoms with Crippen LogP contribution in [0.1, 0.15) is 5.82 Å². The minimum absolute atomic E-state index is 0.121. The maximum Gasteiger partial charge on any atom is 0.336 e. The van der Waals surface area contributed by atoms with E-state index in [2.05, 4.69) is 15.0 Å². The molecule has 0 unspecified atom stereocenters. The van der Waals surface area contributed by atoms with Gasteiger partial charge in [-0.15, -0.1) is 0 Å². The Morgan fingerprint density at radius 2 is 1.96 bits per heavy atom. The van der Waals surface area contributed by atoms with Gasteiger partial charge in [0.1, 0.15) is 17.9 Å². The fourth-order valence-corrected chi connectivity index (χ4v) is 1.97. The first kappa shape index (κ1) is 14.8. The van der Waals surface area contributed by atoms with Gasteiger partial charge in [0.05, 0.1) is 0 Å². The Balaban J connectivity index is 1.81. The molecule has 1 aromatic carbocycles. The molecule has 0 spiro atoms. The third kappa shape index (κ3) is 3.37. The van der Waals surface area contributed by atoms with Crippen molar-refractivity contribution in [2.75, 3.05) is 24.7 Å². The summed E-state index contributed by atoms with van der Waals surface area (Å²) in [6.45, 7) is 0.121. The third-order valence-corrected chi connectivity index (χ3v) is 3.05. The maximum absolute atomic E-state index is 11.3. The maximum atomic E-state index is 11.3. The van der Waals surface area contributed by atoms with Gasteiger partial charge in [-0.2, -0.15) is 15.0 Å². The summed E-state index contributed by atoms with van der Waals surface area (Å²) in [5.74, 6) is 1.54. The number of ether oxygens (including phenoxy) is 1. The van der Waals surface area contributed by atoms with Gasteiger partial charge in [0.2, 0.25) is 11.9 Å². The zero-order chi connectivity index (χ0) is 16.4. The number of nitrogens with two attached hydrogens (primary N) is 1. The second-order valence-electron chi connectivity index (χ2n) is 5.05. The summed E-state index contributed by atoms with van der Waals surface area (Å²) in [6, 6.07) is 8.30. The van der Waals surface area contributed by atoms with Gasteiger partial charge in [-0.3, -0.25) is 0 Å². The van der Waals surface area contributed by atoms with E-state index in [9.17, 15) is 4.79 Å². The quantitative estimate of drug-likeness (QED) is 0.716. The fraction of sp³-hybridized carbons (Fsp3) is 0.200. The molecule has 0 atom stereocenters. The number of benzene rings is 1. The van der Waals surface area contributed by atoms with Crippen LogP contribution in [0.15, 0.2) is 39.5 Å². The Hall–Kier alpha value is -3.16. The van der Waals surface area contributed by atoms with E-state index in [0.29, 0.717) is 23.1 Å². The van der Waals surface area contributed by atoms with Crippen molar-refractivity contribution in [3.05, 3.63) is 46.6 Å². The molecule has 2 heterocycles. The number of anilines is 2. The van der Waals surface area contributed by atoms with E-state index in [-0.39, 0.29) is 12.6 Å². The molecule has 118 valence electrons. The summed E-state index contributed by atoms with van der Waals surface area (Å²) >= 11 is 0. The topological polar surface area (TPSA) is 107 Å². The van der Waals surface area contributed by atoms with Gasteiger partial charge >= 0.3 is 5.63 Å². The summed E-state index contributed by atoms with van der Waals surface area (Å²) in [6.07, 6.45) is 0. The molecule has 0 radical (unpaired) electrons. The van der Waals surface area contributed by atoms with Crippen molar-refractivity contribution in [3.63, 3.8) is 0 Å².